The normalized spacial score (nSPS) is 13.6. The Morgan fingerprint density at radius 2 is 1.94 bits per heavy atom. The predicted molar refractivity (Wildman–Crippen MR) is 135 cm³/mol. The van der Waals surface area contributed by atoms with Gasteiger partial charge >= 0.3 is 0 Å². The van der Waals surface area contributed by atoms with E-state index in [0.717, 1.165) is 44.0 Å². The molecule has 1 aromatic carbocycles. The standard InChI is InChI=1S/C25H22FN5OS2/c1-15-23(34-16(2)28-15)21-14-33-25(29-21)30-22-8-5-19(13-27-22)24(32)31-11-9-18(10-12-31)17-3-6-20(26)7-4-17/h3-9,13-14H,10-12H2,1-2H3,(H,27,29,30). The average molecular weight is 492 g/mol. The monoisotopic (exact) mass is 491 g/mol. The molecule has 4 aromatic rings. The van der Waals surface area contributed by atoms with Gasteiger partial charge in [-0.2, -0.15) is 0 Å². The maximum atomic E-state index is 13.2. The first-order valence-electron chi connectivity index (χ1n) is 10.8. The maximum Gasteiger partial charge on any atom is 0.255 e. The lowest BCUT2D eigenvalue weighted by atomic mass is 9.99. The molecule has 0 aliphatic carbocycles. The molecule has 1 aliphatic rings. The molecule has 3 aromatic heterocycles. The fraction of sp³-hybridized carbons (Fsp3) is 0.200. The first kappa shape index (κ1) is 22.4. The van der Waals surface area contributed by atoms with Crippen LogP contribution in [0, 0.1) is 19.7 Å². The van der Waals surface area contributed by atoms with Gasteiger partial charge in [-0.1, -0.05) is 18.2 Å². The Kier molecular flexibility index (Phi) is 6.21. The summed E-state index contributed by atoms with van der Waals surface area (Å²) in [6, 6.07) is 10.0. The summed E-state index contributed by atoms with van der Waals surface area (Å²) in [5.74, 6) is 0.329. The van der Waals surface area contributed by atoms with E-state index in [2.05, 4.69) is 20.3 Å². The number of aromatic nitrogens is 3. The fourth-order valence-corrected chi connectivity index (χ4v) is 5.53. The van der Waals surface area contributed by atoms with Crippen molar-refractivity contribution in [2.45, 2.75) is 20.3 Å². The summed E-state index contributed by atoms with van der Waals surface area (Å²) >= 11 is 3.14. The van der Waals surface area contributed by atoms with Crippen molar-refractivity contribution in [3.63, 3.8) is 0 Å². The molecule has 0 unspecified atom stereocenters. The van der Waals surface area contributed by atoms with Gasteiger partial charge in [0.05, 0.1) is 26.8 Å². The van der Waals surface area contributed by atoms with Crippen molar-refractivity contribution < 1.29 is 9.18 Å². The Balaban J connectivity index is 1.22. The van der Waals surface area contributed by atoms with Crippen LogP contribution in [0.2, 0.25) is 0 Å². The van der Waals surface area contributed by atoms with E-state index in [1.807, 2.05) is 25.3 Å². The van der Waals surface area contributed by atoms with E-state index in [4.69, 9.17) is 0 Å². The largest absolute Gasteiger partial charge is 0.335 e. The molecule has 1 amide bonds. The number of halogens is 1. The zero-order chi connectivity index (χ0) is 23.7. The van der Waals surface area contributed by atoms with E-state index in [0.29, 0.717) is 24.5 Å². The molecule has 5 rings (SSSR count). The van der Waals surface area contributed by atoms with Crippen LogP contribution in [0.1, 0.15) is 33.0 Å². The highest BCUT2D eigenvalue weighted by Crippen LogP contribution is 2.33. The number of anilines is 2. The topological polar surface area (TPSA) is 71.0 Å². The van der Waals surface area contributed by atoms with Crippen LogP contribution < -0.4 is 5.32 Å². The second kappa shape index (κ2) is 9.44. The van der Waals surface area contributed by atoms with Crippen molar-refractivity contribution in [3.05, 3.63) is 81.7 Å². The van der Waals surface area contributed by atoms with Crippen LogP contribution >= 0.6 is 22.7 Å². The van der Waals surface area contributed by atoms with Gasteiger partial charge < -0.3 is 10.2 Å². The van der Waals surface area contributed by atoms with E-state index >= 15 is 0 Å². The summed E-state index contributed by atoms with van der Waals surface area (Å²) in [5, 5.41) is 6.98. The van der Waals surface area contributed by atoms with Crippen molar-refractivity contribution in [1.82, 2.24) is 19.9 Å². The minimum absolute atomic E-state index is 0.0546. The van der Waals surface area contributed by atoms with Gasteiger partial charge in [0.25, 0.3) is 5.91 Å². The molecular weight excluding hydrogens is 469 g/mol. The highest BCUT2D eigenvalue weighted by molar-refractivity contribution is 7.16. The molecule has 34 heavy (non-hydrogen) atoms. The molecule has 0 saturated heterocycles. The number of rotatable bonds is 5. The third kappa shape index (κ3) is 4.76. The number of amides is 1. The lowest BCUT2D eigenvalue weighted by molar-refractivity contribution is 0.0772. The summed E-state index contributed by atoms with van der Waals surface area (Å²) in [5.41, 5.74) is 4.56. The Morgan fingerprint density at radius 3 is 2.59 bits per heavy atom. The lowest BCUT2D eigenvalue weighted by Crippen LogP contribution is -2.34. The molecule has 0 spiro atoms. The molecule has 172 valence electrons. The number of thiazole rings is 2. The van der Waals surface area contributed by atoms with Gasteiger partial charge in [0.15, 0.2) is 5.13 Å². The molecule has 0 fully saturated rings. The van der Waals surface area contributed by atoms with Crippen molar-refractivity contribution >= 4 is 45.1 Å². The highest BCUT2D eigenvalue weighted by Gasteiger charge is 2.20. The van der Waals surface area contributed by atoms with Crippen LogP contribution in [0.4, 0.5) is 15.3 Å². The first-order valence-corrected chi connectivity index (χ1v) is 12.5. The van der Waals surface area contributed by atoms with Crippen molar-refractivity contribution in [2.24, 2.45) is 0 Å². The number of carbonyl (C=O) groups is 1. The quantitative estimate of drug-likeness (QED) is 0.366. The number of nitrogens with one attached hydrogen (secondary N) is 1. The van der Waals surface area contributed by atoms with Gasteiger partial charge in [0.2, 0.25) is 0 Å². The fourth-order valence-electron chi connectivity index (χ4n) is 3.87. The lowest BCUT2D eigenvalue weighted by Gasteiger charge is -2.26. The van der Waals surface area contributed by atoms with Gasteiger partial charge in [0, 0.05) is 24.7 Å². The van der Waals surface area contributed by atoms with E-state index in [1.54, 1.807) is 46.7 Å². The number of hydrogen-bond acceptors (Lipinski definition) is 7. The highest BCUT2D eigenvalue weighted by atomic mass is 32.1. The zero-order valence-corrected chi connectivity index (χ0v) is 20.3. The van der Waals surface area contributed by atoms with Crippen LogP contribution in [-0.4, -0.2) is 38.8 Å². The third-order valence-electron chi connectivity index (χ3n) is 5.60. The molecule has 0 atom stereocenters. The van der Waals surface area contributed by atoms with Gasteiger partial charge in [-0.25, -0.2) is 19.3 Å². The Bertz CT molecular complexity index is 1360. The Hall–Kier alpha value is -3.43. The van der Waals surface area contributed by atoms with Gasteiger partial charge in [0.1, 0.15) is 11.6 Å². The summed E-state index contributed by atoms with van der Waals surface area (Å²) in [6.07, 6.45) is 4.36. The second-order valence-electron chi connectivity index (χ2n) is 7.98. The molecule has 0 radical (unpaired) electrons. The molecule has 1 aliphatic heterocycles. The smallest absolute Gasteiger partial charge is 0.255 e. The minimum Gasteiger partial charge on any atom is -0.335 e. The molecule has 0 saturated carbocycles. The Labute approximate surface area is 204 Å². The SMILES string of the molecule is Cc1nc(C)c(-c2csc(Nc3ccc(C(=O)N4CC=C(c5ccc(F)cc5)CC4)cn3)n2)s1. The van der Waals surface area contributed by atoms with Crippen LogP contribution in [0.15, 0.2) is 54.1 Å². The molecule has 4 heterocycles. The van der Waals surface area contributed by atoms with E-state index in [-0.39, 0.29) is 11.7 Å². The number of aryl methyl sites for hydroxylation is 2. The number of nitrogens with zero attached hydrogens (tertiary/aromatic N) is 4. The number of hydrogen-bond donors (Lipinski definition) is 1. The second-order valence-corrected chi connectivity index (χ2v) is 10.0. The summed E-state index contributed by atoms with van der Waals surface area (Å²) in [4.78, 5) is 29.3. The van der Waals surface area contributed by atoms with Gasteiger partial charge in [-0.3, -0.25) is 4.79 Å². The van der Waals surface area contributed by atoms with Crippen LogP contribution in [-0.2, 0) is 0 Å². The van der Waals surface area contributed by atoms with Crippen molar-refractivity contribution in [1.29, 1.82) is 0 Å². The number of pyridine rings is 1. The molecule has 1 N–H and O–H groups in total. The maximum absolute atomic E-state index is 13.2. The van der Waals surface area contributed by atoms with Gasteiger partial charge in [-0.05, 0) is 55.7 Å². The Morgan fingerprint density at radius 1 is 1.12 bits per heavy atom. The summed E-state index contributed by atoms with van der Waals surface area (Å²) < 4.78 is 13.2. The molecule has 9 heteroatoms. The van der Waals surface area contributed by atoms with E-state index in [1.165, 1.54) is 23.5 Å². The van der Waals surface area contributed by atoms with E-state index in [9.17, 15) is 9.18 Å². The number of benzene rings is 1. The molecule has 0 bridgehead atoms. The molecular formula is C25H22FN5OS2. The van der Waals surface area contributed by atoms with Crippen molar-refractivity contribution in [2.75, 3.05) is 18.4 Å². The zero-order valence-electron chi connectivity index (χ0n) is 18.7. The first-order chi connectivity index (χ1) is 16.5. The molecule has 6 nitrogen and oxygen atoms in total. The van der Waals surface area contributed by atoms with Crippen LogP contribution in [0.25, 0.3) is 16.1 Å². The van der Waals surface area contributed by atoms with Crippen LogP contribution in [0.5, 0.6) is 0 Å². The van der Waals surface area contributed by atoms with E-state index < -0.39 is 0 Å². The summed E-state index contributed by atoms with van der Waals surface area (Å²) in [6.45, 7) is 5.11. The van der Waals surface area contributed by atoms with Crippen LogP contribution in [0.3, 0.4) is 0 Å². The third-order valence-corrected chi connectivity index (χ3v) is 7.45. The number of carbonyl (C=O) groups excluding carboxylic acids is 1. The minimum atomic E-state index is -0.248. The summed E-state index contributed by atoms with van der Waals surface area (Å²) in [7, 11) is 0. The average Bonchev–Trinajstić information content (AvgIpc) is 3.45. The predicted octanol–water partition coefficient (Wildman–Crippen LogP) is 6.09. The van der Waals surface area contributed by atoms with Crippen molar-refractivity contribution in [3.8, 4) is 10.6 Å². The van der Waals surface area contributed by atoms with Gasteiger partial charge in [-0.15, -0.1) is 22.7 Å².